The van der Waals surface area contributed by atoms with Crippen LogP contribution < -0.4 is 5.32 Å². The SMILES string of the molecule is CC(=O)CN(C[C@@H](O)[C@H](Cc1ccccc1)NC(=O)c1cccc(C)n1)S(=O)(=O)C(C)C. The van der Waals surface area contributed by atoms with Gasteiger partial charge in [-0.05, 0) is 51.8 Å². The number of hydrogen-bond donors (Lipinski definition) is 2. The number of nitrogens with one attached hydrogen (secondary N) is 1. The Morgan fingerprint density at radius 3 is 2.31 bits per heavy atom. The van der Waals surface area contributed by atoms with E-state index in [9.17, 15) is 23.1 Å². The monoisotopic (exact) mass is 461 g/mol. The van der Waals surface area contributed by atoms with Crippen molar-refractivity contribution in [2.45, 2.75) is 51.5 Å². The maximum absolute atomic E-state index is 12.8. The first-order valence-electron chi connectivity index (χ1n) is 10.5. The van der Waals surface area contributed by atoms with Crippen LogP contribution in [0.2, 0.25) is 0 Å². The number of carbonyl (C=O) groups excluding carboxylic acids is 2. The van der Waals surface area contributed by atoms with Gasteiger partial charge in [-0.3, -0.25) is 9.59 Å². The van der Waals surface area contributed by atoms with E-state index >= 15 is 0 Å². The number of rotatable bonds is 11. The second-order valence-electron chi connectivity index (χ2n) is 8.09. The van der Waals surface area contributed by atoms with Crippen molar-refractivity contribution in [1.29, 1.82) is 0 Å². The Morgan fingerprint density at radius 2 is 1.75 bits per heavy atom. The molecule has 0 unspecified atom stereocenters. The number of hydrogen-bond acceptors (Lipinski definition) is 6. The quantitative estimate of drug-likeness (QED) is 0.526. The summed E-state index contributed by atoms with van der Waals surface area (Å²) in [5, 5.41) is 13.0. The van der Waals surface area contributed by atoms with E-state index in [-0.39, 0.29) is 31.0 Å². The van der Waals surface area contributed by atoms with Crippen molar-refractivity contribution in [3.05, 3.63) is 65.5 Å². The minimum Gasteiger partial charge on any atom is -0.390 e. The molecule has 1 amide bonds. The minimum absolute atomic E-state index is 0.200. The molecule has 8 nitrogen and oxygen atoms in total. The van der Waals surface area contributed by atoms with E-state index in [1.54, 1.807) is 25.1 Å². The van der Waals surface area contributed by atoms with Crippen LogP contribution >= 0.6 is 0 Å². The lowest BCUT2D eigenvalue weighted by Crippen LogP contribution is -2.52. The van der Waals surface area contributed by atoms with Crippen molar-refractivity contribution < 1.29 is 23.1 Å². The van der Waals surface area contributed by atoms with Crippen LogP contribution in [0, 0.1) is 6.92 Å². The summed E-state index contributed by atoms with van der Waals surface area (Å²) in [6.45, 7) is 5.43. The molecule has 0 bridgehead atoms. The third kappa shape index (κ3) is 7.22. The molecule has 0 radical (unpaired) electrons. The number of aliphatic hydroxyl groups excluding tert-OH is 1. The molecule has 2 N–H and O–H groups in total. The second kappa shape index (κ2) is 11.3. The zero-order valence-electron chi connectivity index (χ0n) is 18.9. The zero-order chi connectivity index (χ0) is 23.9. The molecule has 1 aromatic carbocycles. The molecule has 174 valence electrons. The topological polar surface area (TPSA) is 117 Å². The fourth-order valence-corrected chi connectivity index (χ4v) is 4.52. The van der Waals surface area contributed by atoms with Gasteiger partial charge in [0.25, 0.3) is 5.91 Å². The molecule has 0 fully saturated rings. The number of benzene rings is 1. The predicted octanol–water partition coefficient (Wildman–Crippen LogP) is 1.72. The van der Waals surface area contributed by atoms with Crippen LogP contribution in [0.1, 0.15) is 42.5 Å². The third-order valence-electron chi connectivity index (χ3n) is 4.95. The molecule has 0 aliphatic carbocycles. The highest BCUT2D eigenvalue weighted by Gasteiger charge is 2.32. The number of aromatic nitrogens is 1. The minimum atomic E-state index is -3.79. The lowest BCUT2D eigenvalue weighted by atomic mass is 10.0. The summed E-state index contributed by atoms with van der Waals surface area (Å²) in [4.78, 5) is 28.7. The average Bonchev–Trinajstić information content (AvgIpc) is 2.73. The van der Waals surface area contributed by atoms with E-state index in [2.05, 4.69) is 10.3 Å². The van der Waals surface area contributed by atoms with E-state index in [0.717, 1.165) is 9.87 Å². The Kier molecular flexibility index (Phi) is 9.06. The Bertz CT molecular complexity index is 1020. The predicted molar refractivity (Wildman–Crippen MR) is 123 cm³/mol. The fourth-order valence-electron chi connectivity index (χ4n) is 3.20. The van der Waals surface area contributed by atoms with Gasteiger partial charge >= 0.3 is 0 Å². The normalized spacial score (nSPS) is 13.7. The van der Waals surface area contributed by atoms with Crippen molar-refractivity contribution in [1.82, 2.24) is 14.6 Å². The zero-order valence-corrected chi connectivity index (χ0v) is 19.7. The van der Waals surface area contributed by atoms with Gasteiger partial charge < -0.3 is 10.4 Å². The molecule has 9 heteroatoms. The summed E-state index contributed by atoms with van der Waals surface area (Å²) >= 11 is 0. The maximum atomic E-state index is 12.8. The first-order chi connectivity index (χ1) is 15.0. The fraction of sp³-hybridized carbons (Fsp3) is 0.435. The lowest BCUT2D eigenvalue weighted by molar-refractivity contribution is -0.117. The van der Waals surface area contributed by atoms with Crippen LogP contribution in [0.5, 0.6) is 0 Å². The molecule has 0 spiro atoms. The van der Waals surface area contributed by atoms with Crippen molar-refractivity contribution in [2.24, 2.45) is 0 Å². The Morgan fingerprint density at radius 1 is 1.09 bits per heavy atom. The molecule has 1 aromatic heterocycles. The third-order valence-corrected chi connectivity index (χ3v) is 7.14. The molecule has 32 heavy (non-hydrogen) atoms. The number of sulfonamides is 1. The summed E-state index contributed by atoms with van der Waals surface area (Å²) in [5.41, 5.74) is 1.73. The van der Waals surface area contributed by atoms with Crippen LogP contribution in [-0.4, -0.2) is 65.0 Å². The number of nitrogens with zero attached hydrogens (tertiary/aromatic N) is 2. The summed E-state index contributed by atoms with van der Waals surface area (Å²) in [6, 6.07) is 13.5. The van der Waals surface area contributed by atoms with E-state index in [4.69, 9.17) is 0 Å². The van der Waals surface area contributed by atoms with Gasteiger partial charge in [0.2, 0.25) is 10.0 Å². The molecule has 0 aliphatic heterocycles. The van der Waals surface area contributed by atoms with Gasteiger partial charge in [0, 0.05) is 12.2 Å². The van der Waals surface area contributed by atoms with Crippen LogP contribution in [-0.2, 0) is 21.2 Å². The number of aryl methyl sites for hydroxylation is 1. The van der Waals surface area contributed by atoms with Crippen molar-refractivity contribution >= 4 is 21.7 Å². The molecule has 0 aliphatic rings. The molecule has 0 saturated carbocycles. The smallest absolute Gasteiger partial charge is 0.270 e. The first kappa shape index (κ1) is 25.6. The van der Waals surface area contributed by atoms with E-state index in [0.29, 0.717) is 5.69 Å². The van der Waals surface area contributed by atoms with Crippen molar-refractivity contribution in [3.63, 3.8) is 0 Å². The van der Waals surface area contributed by atoms with E-state index < -0.39 is 33.3 Å². The van der Waals surface area contributed by atoms with Crippen molar-refractivity contribution in [3.8, 4) is 0 Å². The molecule has 1 heterocycles. The summed E-state index contributed by atoms with van der Waals surface area (Å²) in [7, 11) is -3.79. The second-order valence-corrected chi connectivity index (χ2v) is 10.6. The van der Waals surface area contributed by atoms with Crippen LogP contribution in [0.15, 0.2) is 48.5 Å². The number of Topliss-reactive ketones (excluding diaryl/α,β-unsaturated/α-hetero) is 1. The lowest BCUT2D eigenvalue weighted by Gasteiger charge is -2.30. The first-order valence-corrected chi connectivity index (χ1v) is 12.0. The molecule has 2 aromatic rings. The van der Waals surface area contributed by atoms with Gasteiger partial charge in [-0.1, -0.05) is 36.4 Å². The molecule has 2 atom stereocenters. The molecular formula is C23H31N3O5S. The van der Waals surface area contributed by atoms with Gasteiger partial charge in [-0.2, -0.15) is 4.31 Å². The molecular weight excluding hydrogens is 430 g/mol. The van der Waals surface area contributed by atoms with Gasteiger partial charge in [0.1, 0.15) is 11.5 Å². The summed E-state index contributed by atoms with van der Waals surface area (Å²) < 4.78 is 26.4. The Balaban J connectivity index is 2.30. The maximum Gasteiger partial charge on any atom is 0.270 e. The summed E-state index contributed by atoms with van der Waals surface area (Å²) in [6.07, 6.45) is -0.980. The van der Waals surface area contributed by atoms with E-state index in [1.165, 1.54) is 20.8 Å². The highest BCUT2D eigenvalue weighted by atomic mass is 32.2. The van der Waals surface area contributed by atoms with E-state index in [1.807, 2.05) is 30.3 Å². The number of aliphatic hydroxyl groups is 1. The Labute approximate surface area is 189 Å². The number of carbonyl (C=O) groups is 2. The van der Waals surface area contributed by atoms with Crippen LogP contribution in [0.4, 0.5) is 0 Å². The highest BCUT2D eigenvalue weighted by molar-refractivity contribution is 7.89. The van der Waals surface area contributed by atoms with Gasteiger partial charge in [0.15, 0.2) is 0 Å². The van der Waals surface area contributed by atoms with Crippen LogP contribution in [0.3, 0.4) is 0 Å². The number of pyridine rings is 1. The van der Waals surface area contributed by atoms with Gasteiger partial charge in [-0.15, -0.1) is 0 Å². The Hall–Kier alpha value is -2.62. The molecule has 2 rings (SSSR count). The largest absolute Gasteiger partial charge is 0.390 e. The standard InChI is InChI=1S/C23H31N3O5S/c1-16(2)32(30,31)26(14-18(4)27)15-22(28)21(13-19-10-6-5-7-11-19)25-23(29)20-12-8-9-17(3)24-20/h5-12,16,21-22,28H,13-15H2,1-4H3,(H,25,29)/t21-,22+/m0/s1. The van der Waals surface area contributed by atoms with Crippen molar-refractivity contribution in [2.75, 3.05) is 13.1 Å². The molecule has 0 saturated heterocycles. The number of ketones is 1. The number of amides is 1. The van der Waals surface area contributed by atoms with Gasteiger partial charge in [0.05, 0.1) is 23.9 Å². The van der Waals surface area contributed by atoms with Crippen LogP contribution in [0.25, 0.3) is 0 Å². The van der Waals surface area contributed by atoms with Gasteiger partial charge in [-0.25, -0.2) is 13.4 Å². The average molecular weight is 462 g/mol. The highest BCUT2D eigenvalue weighted by Crippen LogP contribution is 2.14. The summed E-state index contributed by atoms with van der Waals surface area (Å²) in [5.74, 6) is -0.812.